The van der Waals surface area contributed by atoms with E-state index in [0.717, 1.165) is 15.7 Å². The van der Waals surface area contributed by atoms with Gasteiger partial charge in [0.05, 0.1) is 0 Å². The Balaban J connectivity index is 1.99. The van der Waals surface area contributed by atoms with E-state index in [1.807, 2.05) is 43.3 Å². The van der Waals surface area contributed by atoms with Crippen LogP contribution in [0, 0.1) is 6.92 Å². The van der Waals surface area contributed by atoms with Crippen LogP contribution >= 0.6 is 51.3 Å². The third-order valence-corrected chi connectivity index (χ3v) is 4.44. The molecule has 0 radical (unpaired) electrons. The van der Waals surface area contributed by atoms with E-state index in [4.69, 9.17) is 35.4 Å². The van der Waals surface area contributed by atoms with Crippen molar-refractivity contribution < 1.29 is 4.79 Å². The standard InChI is InChI=1S/C17H16BrCl2N3OS/c1-10-5-7-11(8-6-10)16(24)22-15(14(19)20)23-17(25)21-13-4-2-3-12(18)9-13/h2-9,14-15H,1H3,(H,22,24)(H2,21,23,25)/t15-/m1/s1. The third-order valence-electron chi connectivity index (χ3n) is 3.22. The largest absolute Gasteiger partial charge is 0.340 e. The van der Waals surface area contributed by atoms with Gasteiger partial charge in [-0.05, 0) is 49.5 Å². The molecular formula is C17H16BrCl2N3OS. The van der Waals surface area contributed by atoms with E-state index < -0.39 is 11.0 Å². The first kappa shape index (κ1) is 20.0. The molecule has 8 heteroatoms. The zero-order chi connectivity index (χ0) is 18.4. The molecule has 3 N–H and O–H groups in total. The van der Waals surface area contributed by atoms with Gasteiger partial charge in [0.1, 0.15) is 11.0 Å². The zero-order valence-electron chi connectivity index (χ0n) is 13.2. The Labute approximate surface area is 170 Å². The van der Waals surface area contributed by atoms with E-state index in [-0.39, 0.29) is 5.91 Å². The van der Waals surface area contributed by atoms with Crippen LogP contribution in [0.2, 0.25) is 0 Å². The van der Waals surface area contributed by atoms with Crippen LogP contribution in [-0.2, 0) is 0 Å². The average molecular weight is 461 g/mol. The molecule has 0 unspecified atom stereocenters. The van der Waals surface area contributed by atoms with Crippen molar-refractivity contribution in [2.75, 3.05) is 5.32 Å². The highest BCUT2D eigenvalue weighted by Gasteiger charge is 2.21. The molecule has 2 rings (SSSR count). The summed E-state index contributed by atoms with van der Waals surface area (Å²) in [5.74, 6) is -0.297. The Morgan fingerprint density at radius 1 is 1.12 bits per heavy atom. The van der Waals surface area contributed by atoms with Crippen molar-refractivity contribution in [1.82, 2.24) is 10.6 Å². The smallest absolute Gasteiger partial charge is 0.252 e. The summed E-state index contributed by atoms with van der Waals surface area (Å²) in [5.41, 5.74) is 2.37. The summed E-state index contributed by atoms with van der Waals surface area (Å²) in [6.45, 7) is 1.95. The van der Waals surface area contributed by atoms with Crippen LogP contribution in [-0.4, -0.2) is 22.0 Å². The Kier molecular flexibility index (Phi) is 7.50. The molecule has 132 valence electrons. The lowest BCUT2D eigenvalue weighted by Gasteiger charge is -2.23. The second kappa shape index (κ2) is 9.38. The summed E-state index contributed by atoms with van der Waals surface area (Å²) < 4.78 is 0.914. The third kappa shape index (κ3) is 6.47. The Bertz CT molecular complexity index is 756. The molecule has 2 aromatic carbocycles. The highest BCUT2D eigenvalue weighted by atomic mass is 79.9. The predicted octanol–water partition coefficient (Wildman–Crippen LogP) is 4.60. The lowest BCUT2D eigenvalue weighted by atomic mass is 10.1. The van der Waals surface area contributed by atoms with Gasteiger partial charge in [-0.15, -0.1) is 23.2 Å². The van der Waals surface area contributed by atoms with E-state index in [1.54, 1.807) is 12.1 Å². The molecule has 0 aromatic heterocycles. The van der Waals surface area contributed by atoms with Crippen LogP contribution in [0.4, 0.5) is 5.69 Å². The van der Waals surface area contributed by atoms with E-state index in [2.05, 4.69) is 31.9 Å². The minimum Gasteiger partial charge on any atom is -0.340 e. The fraction of sp³-hybridized carbons (Fsp3) is 0.176. The van der Waals surface area contributed by atoms with Crippen molar-refractivity contribution >= 4 is 68.1 Å². The molecule has 2 aromatic rings. The van der Waals surface area contributed by atoms with Crippen LogP contribution < -0.4 is 16.0 Å². The molecular weight excluding hydrogens is 445 g/mol. The number of alkyl halides is 2. The summed E-state index contributed by atoms with van der Waals surface area (Å²) in [5, 5.41) is 8.94. The van der Waals surface area contributed by atoms with Crippen molar-refractivity contribution in [1.29, 1.82) is 0 Å². The number of halogens is 3. The van der Waals surface area contributed by atoms with Crippen molar-refractivity contribution in [3.63, 3.8) is 0 Å². The van der Waals surface area contributed by atoms with Gasteiger partial charge >= 0.3 is 0 Å². The number of amides is 1. The summed E-state index contributed by atoms with van der Waals surface area (Å²) in [4.78, 5) is 11.4. The monoisotopic (exact) mass is 459 g/mol. The number of anilines is 1. The predicted molar refractivity (Wildman–Crippen MR) is 111 cm³/mol. The van der Waals surface area contributed by atoms with Gasteiger partial charge in [-0.3, -0.25) is 4.79 Å². The van der Waals surface area contributed by atoms with E-state index >= 15 is 0 Å². The SMILES string of the molecule is Cc1ccc(C(=O)N[C@H](NC(=S)Nc2cccc(Br)c2)C(Cl)Cl)cc1. The van der Waals surface area contributed by atoms with Gasteiger partial charge in [0.2, 0.25) is 0 Å². The second-order valence-electron chi connectivity index (χ2n) is 5.26. The summed E-state index contributed by atoms with van der Waals surface area (Å²) >= 11 is 20.6. The van der Waals surface area contributed by atoms with E-state index in [0.29, 0.717) is 10.7 Å². The van der Waals surface area contributed by atoms with Gasteiger partial charge in [-0.2, -0.15) is 0 Å². The fourth-order valence-electron chi connectivity index (χ4n) is 1.97. The van der Waals surface area contributed by atoms with Crippen molar-refractivity contribution in [3.8, 4) is 0 Å². The minimum absolute atomic E-state index is 0.290. The number of rotatable bonds is 5. The molecule has 0 spiro atoms. The molecule has 0 aliphatic rings. The molecule has 0 bridgehead atoms. The Hall–Kier alpha value is -1.34. The number of carbonyl (C=O) groups excluding carboxylic acids is 1. The maximum Gasteiger partial charge on any atom is 0.252 e. The maximum atomic E-state index is 12.3. The normalized spacial score (nSPS) is 11.7. The molecule has 1 amide bonds. The summed E-state index contributed by atoms with van der Waals surface area (Å²) in [6.07, 6.45) is -0.746. The number of thiocarbonyl (C=S) groups is 1. The van der Waals surface area contributed by atoms with Gasteiger partial charge in [-0.1, -0.05) is 39.7 Å². The van der Waals surface area contributed by atoms with Crippen LogP contribution in [0.3, 0.4) is 0 Å². The summed E-state index contributed by atoms with van der Waals surface area (Å²) in [6, 6.07) is 14.7. The average Bonchev–Trinajstić information content (AvgIpc) is 2.54. The number of carbonyl (C=O) groups is 1. The second-order valence-corrected chi connectivity index (χ2v) is 7.75. The topological polar surface area (TPSA) is 53.2 Å². The highest BCUT2D eigenvalue weighted by molar-refractivity contribution is 9.10. The lowest BCUT2D eigenvalue weighted by Crippen LogP contribution is -2.52. The molecule has 0 heterocycles. The van der Waals surface area contributed by atoms with Gasteiger partial charge in [-0.25, -0.2) is 0 Å². The molecule has 1 atom stereocenters. The fourth-order valence-corrected chi connectivity index (χ4v) is 2.86. The molecule has 0 aliphatic carbocycles. The number of benzene rings is 2. The van der Waals surface area contributed by atoms with Gasteiger partial charge < -0.3 is 16.0 Å². The highest BCUT2D eigenvalue weighted by Crippen LogP contribution is 2.16. The maximum absolute atomic E-state index is 12.3. The zero-order valence-corrected chi connectivity index (χ0v) is 17.1. The summed E-state index contributed by atoms with van der Waals surface area (Å²) in [7, 11) is 0. The lowest BCUT2D eigenvalue weighted by molar-refractivity contribution is 0.0936. The van der Waals surface area contributed by atoms with Gasteiger partial charge in [0.15, 0.2) is 5.11 Å². The Morgan fingerprint density at radius 3 is 2.40 bits per heavy atom. The number of aryl methyl sites for hydroxylation is 1. The molecule has 0 saturated heterocycles. The molecule has 0 fully saturated rings. The number of nitrogens with one attached hydrogen (secondary N) is 3. The van der Waals surface area contributed by atoms with Crippen molar-refractivity contribution in [2.45, 2.75) is 17.9 Å². The minimum atomic E-state index is -0.892. The quantitative estimate of drug-likeness (QED) is 0.346. The molecule has 0 saturated carbocycles. The molecule has 4 nitrogen and oxygen atoms in total. The van der Waals surface area contributed by atoms with Crippen molar-refractivity contribution in [2.24, 2.45) is 0 Å². The van der Waals surface area contributed by atoms with Crippen LogP contribution in [0.25, 0.3) is 0 Å². The first-order valence-corrected chi connectivity index (χ1v) is 9.41. The first-order chi connectivity index (χ1) is 11.8. The number of hydrogen-bond donors (Lipinski definition) is 3. The van der Waals surface area contributed by atoms with Crippen LogP contribution in [0.15, 0.2) is 53.0 Å². The van der Waals surface area contributed by atoms with E-state index in [9.17, 15) is 4.79 Å². The van der Waals surface area contributed by atoms with Crippen molar-refractivity contribution in [3.05, 3.63) is 64.1 Å². The van der Waals surface area contributed by atoms with Crippen LogP contribution in [0.5, 0.6) is 0 Å². The van der Waals surface area contributed by atoms with Crippen LogP contribution in [0.1, 0.15) is 15.9 Å². The molecule has 0 aliphatic heterocycles. The van der Waals surface area contributed by atoms with E-state index in [1.165, 1.54) is 0 Å². The Morgan fingerprint density at radius 2 is 1.80 bits per heavy atom. The number of hydrogen-bond acceptors (Lipinski definition) is 2. The molecule has 25 heavy (non-hydrogen) atoms. The van der Waals surface area contributed by atoms with Gasteiger partial charge in [0, 0.05) is 15.7 Å². The first-order valence-electron chi connectivity index (χ1n) is 7.34. The van der Waals surface area contributed by atoms with Gasteiger partial charge in [0.25, 0.3) is 5.91 Å².